The van der Waals surface area contributed by atoms with Gasteiger partial charge in [0.2, 0.25) is 17.7 Å². The molecule has 1 fully saturated rings. The van der Waals surface area contributed by atoms with Gasteiger partial charge in [-0.2, -0.15) is 0 Å². The summed E-state index contributed by atoms with van der Waals surface area (Å²) in [6.07, 6.45) is 6.16. The van der Waals surface area contributed by atoms with E-state index >= 15 is 0 Å². The Hall–Kier alpha value is -4.70. The van der Waals surface area contributed by atoms with E-state index in [0.29, 0.717) is 49.3 Å². The Balaban J connectivity index is 1.55. The molecule has 0 aromatic heterocycles. The van der Waals surface area contributed by atoms with Crippen LogP contribution < -0.4 is 32.2 Å². The van der Waals surface area contributed by atoms with Gasteiger partial charge < -0.3 is 32.2 Å². The molecule has 0 heterocycles. The summed E-state index contributed by atoms with van der Waals surface area (Å²) in [5.41, 5.74) is 13.4. The standard InChI is InChI=1S/C36H45N5O5/c37-23-11-10-18-30(39-34(43)28-16-8-3-9-17-28)35(44)41-32(36(45)40-31(33(38)42)26-14-6-2-7-15-26)27-19-21-29(22-20-27)46-24-25-12-4-1-5-13-25/h1,3-5,8-9,12-13,16-17,19-22,26,30-32H,2,6-7,10-11,14-15,18,23-24,37H2,(H2,38,42)(H,39,43)(H,40,45)(H,41,44)/t30-,31-,32+/m0/s1. The Morgan fingerprint density at radius 3 is 2.04 bits per heavy atom. The SMILES string of the molecule is NCCCC[C@H](NC(=O)c1ccccc1)C(=O)N[C@@H](C(=O)N[C@H](C(N)=O)C1CCCCC1)c1ccc(OCc2ccccc2)cc1. The minimum Gasteiger partial charge on any atom is -0.489 e. The zero-order valence-corrected chi connectivity index (χ0v) is 26.2. The number of nitrogens with one attached hydrogen (secondary N) is 3. The van der Waals surface area contributed by atoms with Crippen molar-refractivity contribution in [3.63, 3.8) is 0 Å². The molecule has 1 aliphatic carbocycles. The van der Waals surface area contributed by atoms with Crippen LogP contribution in [0, 0.1) is 5.92 Å². The Kier molecular flexibility index (Phi) is 13.2. The molecular weight excluding hydrogens is 582 g/mol. The van der Waals surface area contributed by atoms with Crippen LogP contribution in [0.4, 0.5) is 0 Å². The van der Waals surface area contributed by atoms with Crippen molar-refractivity contribution in [1.82, 2.24) is 16.0 Å². The Bertz CT molecular complexity index is 1410. The van der Waals surface area contributed by atoms with E-state index in [0.717, 1.165) is 37.7 Å². The van der Waals surface area contributed by atoms with Crippen LogP contribution in [0.25, 0.3) is 0 Å². The summed E-state index contributed by atoms with van der Waals surface area (Å²) in [6.45, 7) is 0.814. The van der Waals surface area contributed by atoms with Crippen molar-refractivity contribution < 1.29 is 23.9 Å². The molecule has 46 heavy (non-hydrogen) atoms. The van der Waals surface area contributed by atoms with E-state index in [-0.39, 0.29) is 5.92 Å². The topological polar surface area (TPSA) is 166 Å². The molecule has 0 aliphatic heterocycles. The van der Waals surface area contributed by atoms with Gasteiger partial charge in [0.1, 0.15) is 30.5 Å². The van der Waals surface area contributed by atoms with E-state index < -0.39 is 41.8 Å². The Labute approximate surface area is 270 Å². The minimum absolute atomic E-state index is 0.0746. The van der Waals surface area contributed by atoms with Crippen LogP contribution in [0.2, 0.25) is 0 Å². The summed E-state index contributed by atoms with van der Waals surface area (Å²) in [4.78, 5) is 53.2. The van der Waals surface area contributed by atoms with Crippen LogP contribution in [0.1, 0.15) is 78.9 Å². The highest BCUT2D eigenvalue weighted by atomic mass is 16.5. The molecule has 244 valence electrons. The smallest absolute Gasteiger partial charge is 0.251 e. The van der Waals surface area contributed by atoms with Gasteiger partial charge >= 0.3 is 0 Å². The molecule has 1 aliphatic rings. The van der Waals surface area contributed by atoms with Gasteiger partial charge in [-0.05, 0) is 80.0 Å². The zero-order valence-electron chi connectivity index (χ0n) is 26.2. The van der Waals surface area contributed by atoms with Crippen LogP contribution in [-0.4, -0.2) is 42.3 Å². The highest BCUT2D eigenvalue weighted by Gasteiger charge is 2.34. The van der Waals surface area contributed by atoms with Crippen molar-refractivity contribution in [3.05, 3.63) is 102 Å². The summed E-state index contributed by atoms with van der Waals surface area (Å²) in [5.74, 6) is -1.58. The highest BCUT2D eigenvalue weighted by molar-refractivity contribution is 5.98. The molecule has 0 spiro atoms. The van der Waals surface area contributed by atoms with E-state index in [1.807, 2.05) is 30.3 Å². The maximum atomic E-state index is 13.9. The van der Waals surface area contributed by atoms with Crippen LogP contribution in [0.15, 0.2) is 84.9 Å². The number of benzene rings is 3. The lowest BCUT2D eigenvalue weighted by Gasteiger charge is -2.30. The molecule has 4 rings (SSSR count). The van der Waals surface area contributed by atoms with Crippen LogP contribution in [0.5, 0.6) is 5.75 Å². The van der Waals surface area contributed by atoms with Crippen molar-refractivity contribution in [1.29, 1.82) is 0 Å². The molecule has 3 aromatic carbocycles. The molecule has 0 unspecified atom stereocenters. The minimum atomic E-state index is -1.16. The first kappa shape index (κ1) is 34.2. The first-order valence-electron chi connectivity index (χ1n) is 16.1. The number of ether oxygens (including phenoxy) is 1. The highest BCUT2D eigenvalue weighted by Crippen LogP contribution is 2.27. The summed E-state index contributed by atoms with van der Waals surface area (Å²) < 4.78 is 5.92. The molecule has 0 radical (unpaired) electrons. The molecule has 0 bridgehead atoms. The van der Waals surface area contributed by atoms with Gasteiger partial charge in [-0.1, -0.05) is 79.9 Å². The average Bonchev–Trinajstić information content (AvgIpc) is 3.09. The summed E-state index contributed by atoms with van der Waals surface area (Å²) in [5, 5.41) is 8.52. The lowest BCUT2D eigenvalue weighted by atomic mass is 9.83. The third-order valence-corrected chi connectivity index (χ3v) is 8.34. The summed E-state index contributed by atoms with van der Waals surface area (Å²) in [6, 6.07) is 22.3. The number of amides is 4. The number of carbonyl (C=O) groups excluding carboxylic acids is 4. The number of primary amides is 1. The second kappa shape index (κ2) is 17.7. The summed E-state index contributed by atoms with van der Waals surface area (Å²) in [7, 11) is 0. The molecule has 1 saturated carbocycles. The number of nitrogens with two attached hydrogens (primary N) is 2. The normalized spacial score (nSPS) is 15.2. The van der Waals surface area contributed by atoms with Crippen molar-refractivity contribution in [2.75, 3.05) is 6.54 Å². The number of hydrogen-bond donors (Lipinski definition) is 5. The van der Waals surface area contributed by atoms with Gasteiger partial charge in [0.25, 0.3) is 5.91 Å². The lowest BCUT2D eigenvalue weighted by molar-refractivity contribution is -0.133. The van der Waals surface area contributed by atoms with Crippen LogP contribution in [-0.2, 0) is 21.0 Å². The van der Waals surface area contributed by atoms with Crippen molar-refractivity contribution >= 4 is 23.6 Å². The lowest BCUT2D eigenvalue weighted by Crippen LogP contribution is -2.54. The van der Waals surface area contributed by atoms with Crippen molar-refractivity contribution in [3.8, 4) is 5.75 Å². The van der Waals surface area contributed by atoms with Gasteiger partial charge in [0, 0.05) is 5.56 Å². The average molecular weight is 628 g/mol. The van der Waals surface area contributed by atoms with Crippen molar-refractivity contribution in [2.24, 2.45) is 17.4 Å². The predicted octanol–water partition coefficient (Wildman–Crippen LogP) is 3.90. The predicted molar refractivity (Wildman–Crippen MR) is 176 cm³/mol. The maximum absolute atomic E-state index is 13.9. The van der Waals surface area contributed by atoms with E-state index in [4.69, 9.17) is 16.2 Å². The monoisotopic (exact) mass is 627 g/mol. The number of rotatable bonds is 16. The van der Waals surface area contributed by atoms with Crippen LogP contribution in [0.3, 0.4) is 0 Å². The van der Waals surface area contributed by atoms with E-state index in [2.05, 4.69) is 16.0 Å². The molecular formula is C36H45N5O5. The molecule has 0 saturated heterocycles. The Morgan fingerprint density at radius 2 is 1.41 bits per heavy atom. The number of carbonyl (C=O) groups is 4. The van der Waals surface area contributed by atoms with Gasteiger partial charge in [0.05, 0.1) is 0 Å². The second-order valence-electron chi connectivity index (χ2n) is 11.7. The Morgan fingerprint density at radius 1 is 0.761 bits per heavy atom. The molecule has 3 aromatic rings. The summed E-state index contributed by atoms with van der Waals surface area (Å²) >= 11 is 0. The molecule has 4 amide bonds. The van der Waals surface area contributed by atoms with E-state index in [1.165, 1.54) is 0 Å². The largest absolute Gasteiger partial charge is 0.489 e. The van der Waals surface area contributed by atoms with Gasteiger partial charge in [0.15, 0.2) is 0 Å². The zero-order chi connectivity index (χ0) is 32.7. The molecule has 10 nitrogen and oxygen atoms in total. The van der Waals surface area contributed by atoms with Crippen LogP contribution >= 0.6 is 0 Å². The number of unbranched alkanes of at least 4 members (excludes halogenated alkanes) is 1. The number of hydrogen-bond acceptors (Lipinski definition) is 6. The first-order valence-corrected chi connectivity index (χ1v) is 16.1. The van der Waals surface area contributed by atoms with E-state index in [1.54, 1.807) is 54.6 Å². The molecule has 10 heteroatoms. The maximum Gasteiger partial charge on any atom is 0.251 e. The molecule has 7 N–H and O–H groups in total. The second-order valence-corrected chi connectivity index (χ2v) is 11.7. The van der Waals surface area contributed by atoms with Gasteiger partial charge in [-0.3, -0.25) is 19.2 Å². The molecule has 3 atom stereocenters. The van der Waals surface area contributed by atoms with Gasteiger partial charge in [-0.15, -0.1) is 0 Å². The van der Waals surface area contributed by atoms with Gasteiger partial charge in [-0.25, -0.2) is 0 Å². The quantitative estimate of drug-likeness (QED) is 0.151. The fraction of sp³-hybridized carbons (Fsp3) is 0.389. The third kappa shape index (κ3) is 10.2. The fourth-order valence-corrected chi connectivity index (χ4v) is 5.76. The van der Waals surface area contributed by atoms with E-state index in [9.17, 15) is 19.2 Å². The first-order chi connectivity index (χ1) is 22.4. The van der Waals surface area contributed by atoms with Crippen molar-refractivity contribution in [2.45, 2.75) is 76.1 Å². The fourth-order valence-electron chi connectivity index (χ4n) is 5.76. The third-order valence-electron chi connectivity index (χ3n) is 8.34.